The fourth-order valence-corrected chi connectivity index (χ4v) is 2.33. The van der Waals surface area contributed by atoms with Crippen LogP contribution in [0.4, 0.5) is 4.79 Å². The predicted molar refractivity (Wildman–Crippen MR) is 73.5 cm³/mol. The van der Waals surface area contributed by atoms with Gasteiger partial charge in [-0.15, -0.1) is 0 Å². The van der Waals surface area contributed by atoms with E-state index in [4.69, 9.17) is 5.11 Å². The van der Waals surface area contributed by atoms with Crippen molar-refractivity contribution in [1.29, 1.82) is 0 Å². The van der Waals surface area contributed by atoms with Gasteiger partial charge in [-0.2, -0.15) is 0 Å². The highest BCUT2D eigenvalue weighted by Crippen LogP contribution is 2.20. The lowest BCUT2D eigenvalue weighted by molar-refractivity contribution is 0.146. The van der Waals surface area contributed by atoms with Crippen LogP contribution >= 0.6 is 0 Å². The zero-order chi connectivity index (χ0) is 13.6. The van der Waals surface area contributed by atoms with Gasteiger partial charge < -0.3 is 15.3 Å². The number of amides is 2. The molecule has 1 atom stereocenters. The number of carbonyl (C=O) groups excluding carboxylic acids is 1. The molecule has 1 heterocycles. The number of aliphatic hydroxyl groups is 1. The summed E-state index contributed by atoms with van der Waals surface area (Å²) in [5, 5.41) is 12.1. The van der Waals surface area contributed by atoms with E-state index in [1.807, 2.05) is 18.7 Å². The van der Waals surface area contributed by atoms with Gasteiger partial charge in [-0.1, -0.05) is 20.8 Å². The zero-order valence-electron chi connectivity index (χ0n) is 12.0. The lowest BCUT2D eigenvalue weighted by Crippen LogP contribution is -2.45. The molecule has 1 aliphatic rings. The van der Waals surface area contributed by atoms with Crippen molar-refractivity contribution in [1.82, 2.24) is 10.2 Å². The van der Waals surface area contributed by atoms with Crippen molar-refractivity contribution in [3.63, 3.8) is 0 Å². The van der Waals surface area contributed by atoms with E-state index in [-0.39, 0.29) is 18.1 Å². The summed E-state index contributed by atoms with van der Waals surface area (Å²) in [4.78, 5) is 13.8. The van der Waals surface area contributed by atoms with Crippen molar-refractivity contribution in [2.45, 2.75) is 46.5 Å². The Morgan fingerprint density at radius 3 is 2.83 bits per heavy atom. The van der Waals surface area contributed by atoms with Gasteiger partial charge in [-0.05, 0) is 37.0 Å². The zero-order valence-corrected chi connectivity index (χ0v) is 12.0. The van der Waals surface area contributed by atoms with E-state index in [9.17, 15) is 4.79 Å². The van der Waals surface area contributed by atoms with E-state index in [0.29, 0.717) is 12.5 Å². The number of carbonyl (C=O) groups is 1. The molecule has 106 valence electrons. The average molecular weight is 256 g/mol. The monoisotopic (exact) mass is 256 g/mol. The van der Waals surface area contributed by atoms with Crippen LogP contribution in [0.15, 0.2) is 0 Å². The fraction of sp³-hybridized carbons (Fsp3) is 0.929. The number of aliphatic hydroxyl groups excluding tert-OH is 1. The summed E-state index contributed by atoms with van der Waals surface area (Å²) in [5.74, 6) is 0.623. The van der Waals surface area contributed by atoms with E-state index in [0.717, 1.165) is 32.4 Å². The third-order valence-corrected chi connectivity index (χ3v) is 3.68. The number of hydrogen-bond donors (Lipinski definition) is 2. The van der Waals surface area contributed by atoms with Crippen molar-refractivity contribution in [3.8, 4) is 0 Å². The van der Waals surface area contributed by atoms with Crippen LogP contribution in [0, 0.1) is 11.3 Å². The molecular weight excluding hydrogens is 228 g/mol. The molecule has 2 N–H and O–H groups in total. The molecular formula is C14H28N2O2. The number of urea groups is 1. The lowest BCUT2D eigenvalue weighted by atomic mass is 9.89. The summed E-state index contributed by atoms with van der Waals surface area (Å²) in [6.07, 6.45) is 4.20. The Kier molecular flexibility index (Phi) is 5.93. The van der Waals surface area contributed by atoms with Gasteiger partial charge in [-0.3, -0.25) is 0 Å². The third kappa shape index (κ3) is 5.25. The van der Waals surface area contributed by atoms with Crippen LogP contribution in [0.3, 0.4) is 0 Å². The molecule has 0 saturated carbocycles. The van der Waals surface area contributed by atoms with Gasteiger partial charge in [0.25, 0.3) is 0 Å². The van der Waals surface area contributed by atoms with Crippen LogP contribution in [0.1, 0.15) is 46.5 Å². The van der Waals surface area contributed by atoms with Crippen molar-refractivity contribution >= 4 is 6.03 Å². The lowest BCUT2D eigenvalue weighted by Gasteiger charge is -2.31. The first-order valence-corrected chi connectivity index (χ1v) is 7.08. The van der Waals surface area contributed by atoms with E-state index >= 15 is 0 Å². The average Bonchev–Trinajstić information content (AvgIpc) is 2.34. The Morgan fingerprint density at radius 1 is 1.50 bits per heavy atom. The Hall–Kier alpha value is -0.770. The second-order valence-corrected chi connectivity index (χ2v) is 6.35. The number of piperidine rings is 1. The van der Waals surface area contributed by atoms with Crippen LogP contribution in [-0.2, 0) is 0 Å². The Balaban J connectivity index is 2.17. The summed E-state index contributed by atoms with van der Waals surface area (Å²) in [7, 11) is 0. The second-order valence-electron chi connectivity index (χ2n) is 6.35. The maximum atomic E-state index is 11.9. The highest BCUT2D eigenvalue weighted by molar-refractivity contribution is 5.74. The molecule has 0 bridgehead atoms. The standard InChI is InChI=1S/C14H28N2O2/c1-12-6-4-9-16(10-12)13(18)15-8-5-7-14(2,3)11-17/h12,17H,4-11H2,1-3H3,(H,15,18). The topological polar surface area (TPSA) is 52.6 Å². The predicted octanol–water partition coefficient (Wildman–Crippen LogP) is 2.23. The van der Waals surface area contributed by atoms with Gasteiger partial charge in [0.15, 0.2) is 0 Å². The summed E-state index contributed by atoms with van der Waals surface area (Å²) < 4.78 is 0. The molecule has 0 aromatic carbocycles. The molecule has 2 amide bonds. The van der Waals surface area contributed by atoms with Crippen molar-refractivity contribution in [2.75, 3.05) is 26.2 Å². The van der Waals surface area contributed by atoms with Crippen LogP contribution in [0.2, 0.25) is 0 Å². The molecule has 0 radical (unpaired) electrons. The van der Waals surface area contributed by atoms with Crippen molar-refractivity contribution in [2.24, 2.45) is 11.3 Å². The van der Waals surface area contributed by atoms with E-state index < -0.39 is 0 Å². The number of nitrogens with zero attached hydrogens (tertiary/aromatic N) is 1. The van der Waals surface area contributed by atoms with Crippen LogP contribution < -0.4 is 5.32 Å². The molecule has 0 aromatic heterocycles. The van der Waals surface area contributed by atoms with Gasteiger partial charge in [0.2, 0.25) is 0 Å². The van der Waals surface area contributed by atoms with Crippen LogP contribution in [-0.4, -0.2) is 42.3 Å². The van der Waals surface area contributed by atoms with E-state index in [2.05, 4.69) is 12.2 Å². The number of rotatable bonds is 5. The molecule has 1 fully saturated rings. The Morgan fingerprint density at radius 2 is 2.22 bits per heavy atom. The molecule has 0 spiro atoms. The van der Waals surface area contributed by atoms with Crippen LogP contribution in [0.25, 0.3) is 0 Å². The maximum absolute atomic E-state index is 11.9. The number of hydrogen-bond acceptors (Lipinski definition) is 2. The normalized spacial score (nSPS) is 20.9. The van der Waals surface area contributed by atoms with E-state index in [1.54, 1.807) is 0 Å². The summed E-state index contributed by atoms with van der Waals surface area (Å²) >= 11 is 0. The minimum absolute atomic E-state index is 0.0373. The fourth-order valence-electron chi connectivity index (χ4n) is 2.33. The smallest absolute Gasteiger partial charge is 0.317 e. The third-order valence-electron chi connectivity index (χ3n) is 3.68. The van der Waals surface area contributed by atoms with Gasteiger partial charge in [0.05, 0.1) is 0 Å². The molecule has 1 aliphatic heterocycles. The molecule has 0 aliphatic carbocycles. The first kappa shape index (κ1) is 15.3. The second kappa shape index (κ2) is 6.98. The summed E-state index contributed by atoms with van der Waals surface area (Å²) in [5.41, 5.74) is -0.0373. The van der Waals surface area contributed by atoms with Gasteiger partial charge in [0.1, 0.15) is 0 Å². The highest BCUT2D eigenvalue weighted by Gasteiger charge is 2.21. The van der Waals surface area contributed by atoms with Gasteiger partial charge >= 0.3 is 6.03 Å². The van der Waals surface area contributed by atoms with Crippen molar-refractivity contribution < 1.29 is 9.90 Å². The maximum Gasteiger partial charge on any atom is 0.317 e. The number of likely N-dealkylation sites (tertiary alicyclic amines) is 1. The van der Waals surface area contributed by atoms with Gasteiger partial charge in [0, 0.05) is 26.2 Å². The molecule has 4 nitrogen and oxygen atoms in total. The molecule has 1 rings (SSSR count). The molecule has 18 heavy (non-hydrogen) atoms. The summed E-state index contributed by atoms with van der Waals surface area (Å²) in [6.45, 7) is 8.95. The molecule has 1 saturated heterocycles. The quantitative estimate of drug-likeness (QED) is 0.741. The molecule has 0 aromatic rings. The minimum Gasteiger partial charge on any atom is -0.396 e. The van der Waals surface area contributed by atoms with Crippen molar-refractivity contribution in [3.05, 3.63) is 0 Å². The first-order valence-electron chi connectivity index (χ1n) is 7.08. The molecule has 4 heteroatoms. The Bertz CT molecular complexity index is 267. The highest BCUT2D eigenvalue weighted by atomic mass is 16.3. The minimum atomic E-state index is -0.0373. The van der Waals surface area contributed by atoms with Crippen LogP contribution in [0.5, 0.6) is 0 Å². The summed E-state index contributed by atoms with van der Waals surface area (Å²) in [6, 6.07) is 0.0726. The molecule has 1 unspecified atom stereocenters. The van der Waals surface area contributed by atoms with Gasteiger partial charge in [-0.25, -0.2) is 4.79 Å². The number of nitrogens with one attached hydrogen (secondary N) is 1. The largest absolute Gasteiger partial charge is 0.396 e. The SMILES string of the molecule is CC1CCCN(C(=O)NCCCC(C)(C)CO)C1. The first-order chi connectivity index (χ1) is 8.44. The van der Waals surface area contributed by atoms with E-state index in [1.165, 1.54) is 6.42 Å². The Labute approximate surface area is 111 Å².